The number of nitrogens with one attached hydrogen (secondary N) is 1. The molecule has 0 saturated carbocycles. The van der Waals surface area contributed by atoms with Crippen LogP contribution in [0.1, 0.15) is 30.0 Å². The smallest absolute Gasteiger partial charge is 0.358 e. The maximum atomic E-state index is 11.2. The Bertz CT molecular complexity index is 359. The zero-order valence-corrected chi connectivity index (χ0v) is 8.57. The Morgan fingerprint density at radius 3 is 2.80 bits per heavy atom. The number of esters is 2. The summed E-state index contributed by atoms with van der Waals surface area (Å²) >= 11 is 0. The predicted octanol–water partition coefficient (Wildman–Crippen LogP) is 0.649. The van der Waals surface area contributed by atoms with Crippen LogP contribution in [0.25, 0.3) is 0 Å². The van der Waals surface area contributed by atoms with Crippen molar-refractivity contribution in [2.75, 3.05) is 6.61 Å². The summed E-state index contributed by atoms with van der Waals surface area (Å²) in [5, 5.41) is 6.29. The molecule has 0 spiro atoms. The van der Waals surface area contributed by atoms with Gasteiger partial charge in [-0.05, 0) is 13.0 Å². The number of carbonyl (C=O) groups is 2. The molecule has 0 saturated heterocycles. The molecule has 82 valence electrons. The lowest BCUT2D eigenvalue weighted by atomic mass is 10.3. The summed E-state index contributed by atoms with van der Waals surface area (Å²) in [5.74, 6) is -0.884. The number of aromatic nitrogens is 2. The van der Waals surface area contributed by atoms with Gasteiger partial charge in [0.15, 0.2) is 5.69 Å². The van der Waals surface area contributed by atoms with E-state index in [0.29, 0.717) is 12.3 Å². The van der Waals surface area contributed by atoms with Gasteiger partial charge in [-0.1, -0.05) is 0 Å². The van der Waals surface area contributed by atoms with Crippen molar-refractivity contribution in [3.8, 4) is 0 Å². The van der Waals surface area contributed by atoms with E-state index in [9.17, 15) is 9.59 Å². The van der Waals surface area contributed by atoms with Crippen molar-refractivity contribution in [2.24, 2.45) is 0 Å². The largest absolute Gasteiger partial charge is 0.461 e. The SMILES string of the molecule is CCOC(=O)c1cc(COC(C)=O)[nH]n1. The van der Waals surface area contributed by atoms with Gasteiger partial charge in [0.1, 0.15) is 6.61 Å². The molecule has 0 radical (unpaired) electrons. The van der Waals surface area contributed by atoms with Gasteiger partial charge in [-0.25, -0.2) is 4.79 Å². The molecule has 0 atom stereocenters. The molecule has 6 heteroatoms. The Morgan fingerprint density at radius 1 is 1.47 bits per heavy atom. The third-order valence-electron chi connectivity index (χ3n) is 1.55. The minimum Gasteiger partial charge on any atom is -0.461 e. The van der Waals surface area contributed by atoms with E-state index < -0.39 is 5.97 Å². The summed E-state index contributed by atoms with van der Waals surface area (Å²) in [6.45, 7) is 3.39. The number of carbonyl (C=O) groups excluding carboxylic acids is 2. The normalized spacial score (nSPS) is 9.73. The minimum absolute atomic E-state index is 0.0712. The summed E-state index contributed by atoms with van der Waals surface area (Å²) in [4.78, 5) is 21.7. The fourth-order valence-corrected chi connectivity index (χ4v) is 0.925. The Labute approximate surface area is 86.6 Å². The molecular weight excluding hydrogens is 200 g/mol. The molecule has 0 aliphatic rings. The molecule has 0 bridgehead atoms. The Kier molecular flexibility index (Phi) is 3.84. The van der Waals surface area contributed by atoms with Crippen molar-refractivity contribution >= 4 is 11.9 Å². The van der Waals surface area contributed by atoms with Crippen LogP contribution in [-0.2, 0) is 20.9 Å². The van der Waals surface area contributed by atoms with Gasteiger partial charge < -0.3 is 9.47 Å². The zero-order chi connectivity index (χ0) is 11.3. The molecule has 1 N–H and O–H groups in total. The zero-order valence-electron chi connectivity index (χ0n) is 8.57. The molecule has 0 fully saturated rings. The fraction of sp³-hybridized carbons (Fsp3) is 0.444. The first-order valence-electron chi connectivity index (χ1n) is 4.48. The molecule has 6 nitrogen and oxygen atoms in total. The summed E-state index contributed by atoms with van der Waals surface area (Å²) in [6, 6.07) is 1.49. The van der Waals surface area contributed by atoms with E-state index in [2.05, 4.69) is 10.2 Å². The number of rotatable bonds is 4. The lowest BCUT2D eigenvalue weighted by molar-refractivity contribution is -0.142. The number of H-pyrrole nitrogens is 1. The highest BCUT2D eigenvalue weighted by Crippen LogP contribution is 2.03. The molecular formula is C9H12N2O4. The number of nitrogens with zero attached hydrogens (tertiary/aromatic N) is 1. The van der Waals surface area contributed by atoms with Gasteiger partial charge in [-0.2, -0.15) is 5.10 Å². The van der Waals surface area contributed by atoms with E-state index in [1.54, 1.807) is 6.92 Å². The van der Waals surface area contributed by atoms with Crippen LogP contribution in [0.15, 0.2) is 6.07 Å². The number of hydrogen-bond acceptors (Lipinski definition) is 5. The van der Waals surface area contributed by atoms with Crippen LogP contribution in [0.5, 0.6) is 0 Å². The van der Waals surface area contributed by atoms with Crippen LogP contribution in [0.3, 0.4) is 0 Å². The number of aromatic amines is 1. The number of ether oxygens (including phenoxy) is 2. The van der Waals surface area contributed by atoms with Crippen LogP contribution in [-0.4, -0.2) is 28.7 Å². The first kappa shape index (κ1) is 11.2. The molecule has 1 rings (SSSR count). The third-order valence-corrected chi connectivity index (χ3v) is 1.55. The maximum Gasteiger partial charge on any atom is 0.358 e. The molecule has 1 heterocycles. The Balaban J connectivity index is 2.56. The number of hydrogen-bond donors (Lipinski definition) is 1. The van der Waals surface area contributed by atoms with Crippen molar-refractivity contribution in [3.05, 3.63) is 17.5 Å². The van der Waals surface area contributed by atoms with Gasteiger partial charge in [0.25, 0.3) is 0 Å². The van der Waals surface area contributed by atoms with E-state index >= 15 is 0 Å². The highest BCUT2D eigenvalue weighted by molar-refractivity contribution is 5.87. The van der Waals surface area contributed by atoms with Crippen LogP contribution in [0.4, 0.5) is 0 Å². The standard InChI is InChI=1S/C9H12N2O4/c1-3-14-9(13)8-4-7(10-11-8)5-15-6(2)12/h4H,3,5H2,1-2H3,(H,10,11). The van der Waals surface area contributed by atoms with E-state index in [-0.39, 0.29) is 18.3 Å². The predicted molar refractivity (Wildman–Crippen MR) is 50.0 cm³/mol. The maximum absolute atomic E-state index is 11.2. The van der Waals surface area contributed by atoms with Crippen molar-refractivity contribution in [1.82, 2.24) is 10.2 Å². The monoisotopic (exact) mass is 212 g/mol. The van der Waals surface area contributed by atoms with Crippen molar-refractivity contribution in [2.45, 2.75) is 20.5 Å². The van der Waals surface area contributed by atoms with E-state index in [0.717, 1.165) is 0 Å². The van der Waals surface area contributed by atoms with Crippen LogP contribution < -0.4 is 0 Å². The van der Waals surface area contributed by atoms with Gasteiger partial charge in [-0.15, -0.1) is 0 Å². The van der Waals surface area contributed by atoms with E-state index in [4.69, 9.17) is 9.47 Å². The summed E-state index contributed by atoms with van der Waals surface area (Å²) in [6.07, 6.45) is 0. The van der Waals surface area contributed by atoms with Gasteiger partial charge in [0, 0.05) is 6.92 Å². The average Bonchev–Trinajstić information content (AvgIpc) is 2.63. The highest BCUT2D eigenvalue weighted by Gasteiger charge is 2.11. The molecule has 0 unspecified atom stereocenters. The fourth-order valence-electron chi connectivity index (χ4n) is 0.925. The first-order chi connectivity index (χ1) is 7.13. The van der Waals surface area contributed by atoms with Crippen molar-refractivity contribution in [3.63, 3.8) is 0 Å². The lowest BCUT2D eigenvalue weighted by Crippen LogP contribution is -2.04. The summed E-state index contributed by atoms with van der Waals surface area (Å²) < 4.78 is 9.46. The second-order valence-corrected chi connectivity index (χ2v) is 2.78. The van der Waals surface area contributed by atoms with Crippen LogP contribution in [0, 0.1) is 0 Å². The molecule has 1 aromatic heterocycles. The molecule has 1 aromatic rings. The molecule has 0 amide bonds. The Morgan fingerprint density at radius 2 is 2.20 bits per heavy atom. The average molecular weight is 212 g/mol. The summed E-state index contributed by atoms with van der Waals surface area (Å²) in [7, 11) is 0. The van der Waals surface area contributed by atoms with E-state index in [1.165, 1.54) is 13.0 Å². The molecule has 15 heavy (non-hydrogen) atoms. The second-order valence-electron chi connectivity index (χ2n) is 2.78. The van der Waals surface area contributed by atoms with Gasteiger partial charge >= 0.3 is 11.9 Å². The molecule has 0 aliphatic carbocycles. The Hall–Kier alpha value is -1.85. The third kappa shape index (κ3) is 3.41. The highest BCUT2D eigenvalue weighted by atomic mass is 16.5. The van der Waals surface area contributed by atoms with Crippen LogP contribution >= 0.6 is 0 Å². The topological polar surface area (TPSA) is 81.3 Å². The van der Waals surface area contributed by atoms with E-state index in [1.807, 2.05) is 0 Å². The van der Waals surface area contributed by atoms with Gasteiger partial charge in [0.05, 0.1) is 12.3 Å². The van der Waals surface area contributed by atoms with Gasteiger partial charge in [-0.3, -0.25) is 9.89 Å². The lowest BCUT2D eigenvalue weighted by Gasteiger charge is -1.96. The van der Waals surface area contributed by atoms with Crippen LogP contribution in [0.2, 0.25) is 0 Å². The second kappa shape index (κ2) is 5.14. The van der Waals surface area contributed by atoms with Crippen molar-refractivity contribution < 1.29 is 19.1 Å². The minimum atomic E-state index is -0.497. The quantitative estimate of drug-likeness (QED) is 0.741. The van der Waals surface area contributed by atoms with Crippen molar-refractivity contribution in [1.29, 1.82) is 0 Å². The van der Waals surface area contributed by atoms with Gasteiger partial charge in [0.2, 0.25) is 0 Å². The molecule has 0 aliphatic heterocycles. The molecule has 0 aromatic carbocycles. The summed E-state index contributed by atoms with van der Waals surface area (Å²) in [5.41, 5.74) is 0.729. The first-order valence-corrected chi connectivity index (χ1v) is 4.48.